The van der Waals surface area contributed by atoms with Gasteiger partial charge in [0.1, 0.15) is 18.2 Å². The van der Waals surface area contributed by atoms with Gasteiger partial charge < -0.3 is 4.42 Å². The first-order valence-electron chi connectivity index (χ1n) is 10.9. The molecule has 0 saturated heterocycles. The number of aromatic nitrogens is 1. The maximum absolute atomic E-state index is 7.49. The second-order valence-electron chi connectivity index (χ2n) is 8.69. The van der Waals surface area contributed by atoms with Crippen molar-refractivity contribution in [3.05, 3.63) is 95.5 Å². The van der Waals surface area contributed by atoms with E-state index >= 15 is 0 Å². The summed E-state index contributed by atoms with van der Waals surface area (Å²) in [6.07, 6.45) is 2.05. The number of pyridine rings is 1. The van der Waals surface area contributed by atoms with Gasteiger partial charge in [-0.25, -0.2) is 9.41 Å². The quantitative estimate of drug-likeness (QED) is 0.217. The largest absolute Gasteiger partial charge is 0.455 e. The van der Waals surface area contributed by atoms with Gasteiger partial charge in [0.2, 0.25) is 5.69 Å². The van der Waals surface area contributed by atoms with Crippen LogP contribution in [0.25, 0.3) is 49.2 Å². The number of furan rings is 1. The molecule has 0 radical (unpaired) electrons. The molecule has 3 aromatic carbocycles. The Morgan fingerprint density at radius 1 is 0.969 bits per heavy atom. The normalized spacial score (nSPS) is 11.4. The highest BCUT2D eigenvalue weighted by molar-refractivity contribution is 6.17. The molecule has 3 heteroatoms. The second-order valence-corrected chi connectivity index (χ2v) is 8.69. The molecule has 0 aliphatic carbocycles. The van der Waals surface area contributed by atoms with E-state index in [1.165, 1.54) is 5.56 Å². The molecule has 0 bridgehead atoms. The molecule has 0 N–H and O–H groups in total. The summed E-state index contributed by atoms with van der Waals surface area (Å²) in [6, 6.07) is 23.0. The lowest BCUT2D eigenvalue weighted by atomic mass is 9.91. The summed E-state index contributed by atoms with van der Waals surface area (Å²) in [7, 11) is 2.05. The van der Waals surface area contributed by atoms with E-state index in [4.69, 9.17) is 11.0 Å². The van der Waals surface area contributed by atoms with Crippen molar-refractivity contribution in [1.82, 2.24) is 0 Å². The lowest BCUT2D eigenvalue weighted by Gasteiger charge is -2.12. The zero-order chi connectivity index (χ0) is 22.4. The SMILES string of the molecule is [C-]#[N+]c1ccc2oc3c(-c4cccc[n+]4C)c(C)cc(-c4ccc(C(C)C)cc4)c3c2c1. The zero-order valence-corrected chi connectivity index (χ0v) is 18.8. The number of aryl methyl sites for hydroxylation is 2. The molecule has 5 aromatic rings. The van der Waals surface area contributed by atoms with E-state index in [1.54, 1.807) is 0 Å². The molecule has 0 atom stereocenters. The summed E-state index contributed by atoms with van der Waals surface area (Å²) in [6.45, 7) is 14.1. The number of fused-ring (bicyclic) bond motifs is 3. The number of benzene rings is 3. The maximum Gasteiger partial charge on any atom is 0.216 e. The first-order valence-corrected chi connectivity index (χ1v) is 10.9. The predicted octanol–water partition coefficient (Wildman–Crippen LogP) is 7.73. The number of hydrogen-bond acceptors (Lipinski definition) is 1. The fraction of sp³-hybridized carbons (Fsp3) is 0.172. The highest BCUT2D eigenvalue weighted by atomic mass is 16.3. The third kappa shape index (κ3) is 3.16. The van der Waals surface area contributed by atoms with Crippen molar-refractivity contribution >= 4 is 27.6 Å². The average molecular weight is 418 g/mol. The molecule has 5 rings (SSSR count). The van der Waals surface area contributed by atoms with Crippen molar-refractivity contribution < 1.29 is 8.98 Å². The van der Waals surface area contributed by atoms with Gasteiger partial charge in [-0.1, -0.05) is 44.2 Å². The van der Waals surface area contributed by atoms with E-state index in [0.717, 1.165) is 49.9 Å². The highest BCUT2D eigenvalue weighted by Gasteiger charge is 2.23. The molecule has 0 saturated carbocycles. The van der Waals surface area contributed by atoms with Crippen molar-refractivity contribution in [2.45, 2.75) is 26.7 Å². The summed E-state index contributed by atoms with van der Waals surface area (Å²) in [5.74, 6) is 0.488. The van der Waals surface area contributed by atoms with Crippen molar-refractivity contribution in [2.75, 3.05) is 0 Å². The molecule has 2 heterocycles. The maximum atomic E-state index is 7.49. The van der Waals surface area contributed by atoms with E-state index in [2.05, 4.69) is 85.9 Å². The number of nitrogens with zero attached hydrogens (tertiary/aromatic N) is 2. The molecule has 156 valence electrons. The highest BCUT2D eigenvalue weighted by Crippen LogP contribution is 2.43. The van der Waals surface area contributed by atoms with Gasteiger partial charge in [-0.05, 0) is 59.4 Å². The summed E-state index contributed by atoms with van der Waals surface area (Å²) in [4.78, 5) is 3.66. The van der Waals surface area contributed by atoms with Crippen molar-refractivity contribution in [2.24, 2.45) is 7.05 Å². The molecule has 32 heavy (non-hydrogen) atoms. The van der Waals surface area contributed by atoms with Crippen LogP contribution in [0, 0.1) is 13.5 Å². The van der Waals surface area contributed by atoms with E-state index in [1.807, 2.05) is 24.3 Å². The Bertz CT molecular complexity index is 1520. The number of rotatable bonds is 3. The zero-order valence-electron chi connectivity index (χ0n) is 18.8. The summed E-state index contributed by atoms with van der Waals surface area (Å²) < 4.78 is 8.60. The lowest BCUT2D eigenvalue weighted by molar-refractivity contribution is -0.660. The van der Waals surface area contributed by atoms with Crippen LogP contribution >= 0.6 is 0 Å². The Morgan fingerprint density at radius 3 is 2.44 bits per heavy atom. The molecule has 0 aliphatic heterocycles. The average Bonchev–Trinajstić information content (AvgIpc) is 3.17. The van der Waals surface area contributed by atoms with Gasteiger partial charge in [-0.15, -0.1) is 0 Å². The minimum Gasteiger partial charge on any atom is -0.455 e. The van der Waals surface area contributed by atoms with Crippen LogP contribution in [-0.2, 0) is 7.05 Å². The van der Waals surface area contributed by atoms with Crippen LogP contribution in [0.5, 0.6) is 0 Å². The van der Waals surface area contributed by atoms with E-state index in [9.17, 15) is 0 Å². The molecule has 0 unspecified atom stereocenters. The van der Waals surface area contributed by atoms with Gasteiger partial charge >= 0.3 is 0 Å². The summed E-state index contributed by atoms with van der Waals surface area (Å²) >= 11 is 0. The lowest BCUT2D eigenvalue weighted by Crippen LogP contribution is -2.30. The van der Waals surface area contributed by atoms with Crippen LogP contribution in [0.15, 0.2) is 77.3 Å². The monoisotopic (exact) mass is 417 g/mol. The van der Waals surface area contributed by atoms with Crippen LogP contribution in [0.3, 0.4) is 0 Å². The molecule has 0 fully saturated rings. The smallest absolute Gasteiger partial charge is 0.216 e. The van der Waals surface area contributed by atoms with Crippen LogP contribution in [0.4, 0.5) is 5.69 Å². The van der Waals surface area contributed by atoms with E-state index < -0.39 is 0 Å². The first kappa shape index (κ1) is 20.0. The van der Waals surface area contributed by atoms with Crippen molar-refractivity contribution in [3.63, 3.8) is 0 Å². The molecular weight excluding hydrogens is 392 g/mol. The molecule has 0 amide bonds. The molecule has 0 spiro atoms. The Morgan fingerprint density at radius 2 is 1.75 bits per heavy atom. The van der Waals surface area contributed by atoms with E-state index in [-0.39, 0.29) is 0 Å². The van der Waals surface area contributed by atoms with Crippen LogP contribution in [0.2, 0.25) is 0 Å². The minimum absolute atomic E-state index is 0.488. The third-order valence-electron chi connectivity index (χ3n) is 6.25. The molecule has 3 nitrogen and oxygen atoms in total. The minimum atomic E-state index is 0.488. The van der Waals surface area contributed by atoms with Crippen LogP contribution < -0.4 is 4.57 Å². The second kappa shape index (κ2) is 7.66. The molecular formula is C29H25N2O+. The topological polar surface area (TPSA) is 21.4 Å². The van der Waals surface area contributed by atoms with Crippen molar-refractivity contribution in [3.8, 4) is 22.4 Å². The van der Waals surface area contributed by atoms with Gasteiger partial charge in [0, 0.05) is 22.9 Å². The van der Waals surface area contributed by atoms with Gasteiger partial charge in [-0.3, -0.25) is 0 Å². The standard InChI is InChI=1S/C29H25N2O/c1-18(2)20-9-11-21(12-10-20)23-16-19(3)27(25-8-6-7-15-31(25)5)29-28(23)24-17-22(30-4)13-14-26(24)32-29/h6-18H,1-3,5H3/q+1. The van der Waals surface area contributed by atoms with E-state index in [0.29, 0.717) is 11.6 Å². The predicted molar refractivity (Wildman–Crippen MR) is 131 cm³/mol. The Kier molecular flexibility index (Phi) is 4.79. The van der Waals surface area contributed by atoms with Crippen LogP contribution in [-0.4, -0.2) is 0 Å². The Balaban J connectivity index is 1.90. The molecule has 2 aromatic heterocycles. The Hall–Kier alpha value is -3.90. The summed E-state index contributed by atoms with van der Waals surface area (Å²) in [5, 5.41) is 2.04. The Labute approximate surface area is 188 Å². The van der Waals surface area contributed by atoms with Crippen molar-refractivity contribution in [1.29, 1.82) is 0 Å². The van der Waals surface area contributed by atoms with Crippen LogP contribution in [0.1, 0.15) is 30.9 Å². The van der Waals surface area contributed by atoms with Gasteiger partial charge in [0.05, 0.1) is 12.1 Å². The summed E-state index contributed by atoms with van der Waals surface area (Å²) in [5.41, 5.74) is 9.25. The van der Waals surface area contributed by atoms with Gasteiger partial charge in [-0.2, -0.15) is 0 Å². The van der Waals surface area contributed by atoms with Gasteiger partial charge in [0.25, 0.3) is 0 Å². The van der Waals surface area contributed by atoms with Gasteiger partial charge in [0.15, 0.2) is 11.9 Å². The molecule has 0 aliphatic rings. The number of hydrogen-bond donors (Lipinski definition) is 0. The first-order chi connectivity index (χ1) is 15.5. The fourth-order valence-electron chi connectivity index (χ4n) is 4.52. The fourth-order valence-corrected chi connectivity index (χ4v) is 4.52. The third-order valence-corrected chi connectivity index (χ3v) is 6.25.